The molecule has 0 saturated carbocycles. The Morgan fingerprint density at radius 3 is 2.23 bits per heavy atom. The highest BCUT2D eigenvalue weighted by molar-refractivity contribution is 5.96. The molecule has 0 fully saturated rings. The van der Waals surface area contributed by atoms with E-state index in [1.165, 1.54) is 6.92 Å². The van der Waals surface area contributed by atoms with Crippen LogP contribution in [-0.2, 0) is 0 Å². The second-order valence-corrected chi connectivity index (χ2v) is 3.40. The lowest BCUT2D eigenvalue weighted by atomic mass is 9.97. The van der Waals surface area contributed by atoms with Crippen LogP contribution in [0.4, 0.5) is 0 Å². The molecular formula is C11H14O2. The van der Waals surface area contributed by atoms with Crippen molar-refractivity contribution >= 4 is 5.78 Å². The van der Waals surface area contributed by atoms with Gasteiger partial charge in [-0.2, -0.15) is 0 Å². The SMILES string of the molecule is CC(=O)c1cc(C)c(O)c(C)c1C. The summed E-state index contributed by atoms with van der Waals surface area (Å²) in [5.41, 5.74) is 3.13. The molecule has 1 aromatic carbocycles. The van der Waals surface area contributed by atoms with Gasteiger partial charge in [0, 0.05) is 5.56 Å². The summed E-state index contributed by atoms with van der Waals surface area (Å²) in [5.74, 6) is 0.339. The fourth-order valence-corrected chi connectivity index (χ4v) is 1.43. The largest absolute Gasteiger partial charge is 0.507 e. The third kappa shape index (κ3) is 1.57. The zero-order valence-corrected chi connectivity index (χ0v) is 8.43. The van der Waals surface area contributed by atoms with Crippen LogP contribution in [-0.4, -0.2) is 10.9 Å². The van der Waals surface area contributed by atoms with Crippen LogP contribution in [0.5, 0.6) is 5.75 Å². The van der Waals surface area contributed by atoms with Gasteiger partial charge in [0.05, 0.1) is 0 Å². The number of benzene rings is 1. The maximum absolute atomic E-state index is 11.2. The Hall–Kier alpha value is -1.31. The first-order valence-corrected chi connectivity index (χ1v) is 4.26. The molecule has 1 rings (SSSR count). The van der Waals surface area contributed by atoms with Gasteiger partial charge in [-0.15, -0.1) is 0 Å². The van der Waals surface area contributed by atoms with Crippen LogP contribution in [0.3, 0.4) is 0 Å². The van der Waals surface area contributed by atoms with Crippen molar-refractivity contribution in [2.24, 2.45) is 0 Å². The highest BCUT2D eigenvalue weighted by atomic mass is 16.3. The zero-order chi connectivity index (χ0) is 10.2. The van der Waals surface area contributed by atoms with Gasteiger partial charge in [-0.1, -0.05) is 0 Å². The van der Waals surface area contributed by atoms with Crippen molar-refractivity contribution in [2.45, 2.75) is 27.7 Å². The van der Waals surface area contributed by atoms with Crippen molar-refractivity contribution in [3.63, 3.8) is 0 Å². The van der Waals surface area contributed by atoms with E-state index in [4.69, 9.17) is 0 Å². The number of carbonyl (C=O) groups excluding carboxylic acids is 1. The van der Waals surface area contributed by atoms with E-state index in [9.17, 15) is 9.90 Å². The number of rotatable bonds is 1. The Bertz CT molecular complexity index is 365. The van der Waals surface area contributed by atoms with E-state index in [2.05, 4.69) is 0 Å². The summed E-state index contributed by atoms with van der Waals surface area (Å²) in [6.45, 7) is 7.02. The van der Waals surface area contributed by atoms with Crippen molar-refractivity contribution in [3.8, 4) is 5.75 Å². The highest BCUT2D eigenvalue weighted by Crippen LogP contribution is 2.27. The molecule has 0 heterocycles. The molecule has 0 spiro atoms. The summed E-state index contributed by atoms with van der Waals surface area (Å²) in [6.07, 6.45) is 0. The van der Waals surface area contributed by atoms with Crippen molar-refractivity contribution in [2.75, 3.05) is 0 Å². The summed E-state index contributed by atoms with van der Waals surface area (Å²) >= 11 is 0. The molecule has 0 aliphatic carbocycles. The molecule has 0 radical (unpaired) electrons. The molecular weight excluding hydrogens is 164 g/mol. The summed E-state index contributed by atoms with van der Waals surface area (Å²) in [6, 6.07) is 1.74. The highest BCUT2D eigenvalue weighted by Gasteiger charge is 2.11. The smallest absolute Gasteiger partial charge is 0.160 e. The number of phenols is 1. The van der Waals surface area contributed by atoms with E-state index in [0.29, 0.717) is 11.3 Å². The summed E-state index contributed by atoms with van der Waals surface area (Å²) in [4.78, 5) is 11.2. The number of hydrogen-bond acceptors (Lipinski definition) is 2. The first kappa shape index (κ1) is 9.78. The van der Waals surface area contributed by atoms with Gasteiger partial charge in [0.1, 0.15) is 5.75 Å². The molecule has 70 valence electrons. The van der Waals surface area contributed by atoms with Gasteiger partial charge in [0.2, 0.25) is 0 Å². The van der Waals surface area contributed by atoms with Crippen molar-refractivity contribution in [1.29, 1.82) is 0 Å². The molecule has 13 heavy (non-hydrogen) atoms. The average molecular weight is 178 g/mol. The molecule has 1 aromatic rings. The Balaban J connectivity index is 3.50. The van der Waals surface area contributed by atoms with E-state index >= 15 is 0 Å². The van der Waals surface area contributed by atoms with Crippen molar-refractivity contribution in [1.82, 2.24) is 0 Å². The zero-order valence-electron chi connectivity index (χ0n) is 8.43. The molecule has 1 N–H and O–H groups in total. The van der Waals surface area contributed by atoms with Crippen LogP contribution in [0.1, 0.15) is 34.0 Å². The van der Waals surface area contributed by atoms with Crippen molar-refractivity contribution < 1.29 is 9.90 Å². The van der Waals surface area contributed by atoms with Crippen LogP contribution < -0.4 is 0 Å². The molecule has 0 unspecified atom stereocenters. The number of aryl methyl sites for hydroxylation is 1. The van der Waals surface area contributed by atoms with Gasteiger partial charge in [-0.05, 0) is 50.5 Å². The lowest BCUT2D eigenvalue weighted by Gasteiger charge is -2.10. The molecule has 2 heteroatoms. The van der Waals surface area contributed by atoms with Gasteiger partial charge < -0.3 is 5.11 Å². The van der Waals surface area contributed by atoms with Crippen LogP contribution >= 0.6 is 0 Å². The average Bonchev–Trinajstić information content (AvgIpc) is 2.07. The topological polar surface area (TPSA) is 37.3 Å². The predicted octanol–water partition coefficient (Wildman–Crippen LogP) is 2.52. The standard InChI is InChI=1S/C11H14O2/c1-6-5-10(9(4)12)7(2)8(3)11(6)13/h5,13H,1-4H3. The van der Waals surface area contributed by atoms with E-state index in [1.807, 2.05) is 13.8 Å². The van der Waals surface area contributed by atoms with Crippen LogP contribution in [0, 0.1) is 20.8 Å². The molecule has 0 atom stereocenters. The number of carbonyl (C=O) groups is 1. The minimum Gasteiger partial charge on any atom is -0.507 e. The second kappa shape index (κ2) is 3.21. The Labute approximate surface area is 78.2 Å². The third-order valence-electron chi connectivity index (χ3n) is 2.44. The maximum Gasteiger partial charge on any atom is 0.160 e. The number of aromatic hydroxyl groups is 1. The van der Waals surface area contributed by atoms with Gasteiger partial charge in [-0.3, -0.25) is 4.79 Å². The summed E-state index contributed by atoms with van der Waals surface area (Å²) in [5, 5.41) is 9.58. The molecule has 0 saturated heterocycles. The van der Waals surface area contributed by atoms with E-state index < -0.39 is 0 Å². The monoisotopic (exact) mass is 178 g/mol. The maximum atomic E-state index is 11.2. The van der Waals surface area contributed by atoms with Gasteiger partial charge in [0.15, 0.2) is 5.78 Å². The van der Waals surface area contributed by atoms with E-state index in [1.54, 1.807) is 13.0 Å². The normalized spacial score (nSPS) is 10.2. The minimum atomic E-state index is 0.0451. The Morgan fingerprint density at radius 2 is 1.77 bits per heavy atom. The molecule has 0 aromatic heterocycles. The number of phenolic OH excluding ortho intramolecular Hbond substituents is 1. The fourth-order valence-electron chi connectivity index (χ4n) is 1.43. The third-order valence-corrected chi connectivity index (χ3v) is 2.44. The Kier molecular flexibility index (Phi) is 2.41. The quantitative estimate of drug-likeness (QED) is 0.671. The van der Waals surface area contributed by atoms with Crippen LogP contribution in [0.25, 0.3) is 0 Å². The minimum absolute atomic E-state index is 0.0451. The first-order valence-electron chi connectivity index (χ1n) is 4.26. The molecule has 0 bridgehead atoms. The van der Waals surface area contributed by atoms with E-state index in [0.717, 1.165) is 16.7 Å². The number of Topliss-reactive ketones (excluding diaryl/α,β-unsaturated/α-hetero) is 1. The van der Waals surface area contributed by atoms with Crippen molar-refractivity contribution in [3.05, 3.63) is 28.3 Å². The molecule has 0 amide bonds. The fraction of sp³-hybridized carbons (Fsp3) is 0.364. The van der Waals surface area contributed by atoms with Gasteiger partial charge >= 0.3 is 0 Å². The first-order chi connectivity index (χ1) is 5.95. The number of hydrogen-bond donors (Lipinski definition) is 1. The van der Waals surface area contributed by atoms with Crippen LogP contribution in [0.15, 0.2) is 6.07 Å². The lowest BCUT2D eigenvalue weighted by Crippen LogP contribution is -1.99. The molecule has 0 aliphatic heterocycles. The molecule has 0 aliphatic rings. The predicted molar refractivity (Wildman–Crippen MR) is 52.3 cm³/mol. The van der Waals surface area contributed by atoms with Crippen LogP contribution in [0.2, 0.25) is 0 Å². The van der Waals surface area contributed by atoms with E-state index in [-0.39, 0.29) is 5.78 Å². The summed E-state index contributed by atoms with van der Waals surface area (Å²) < 4.78 is 0. The van der Waals surface area contributed by atoms with Gasteiger partial charge in [-0.25, -0.2) is 0 Å². The Morgan fingerprint density at radius 1 is 1.23 bits per heavy atom. The van der Waals surface area contributed by atoms with Gasteiger partial charge in [0.25, 0.3) is 0 Å². The lowest BCUT2D eigenvalue weighted by molar-refractivity contribution is 0.101. The molecule has 2 nitrogen and oxygen atoms in total. The second-order valence-electron chi connectivity index (χ2n) is 3.40. The summed E-state index contributed by atoms with van der Waals surface area (Å²) in [7, 11) is 0. The number of ketones is 1.